The van der Waals surface area contributed by atoms with E-state index in [4.69, 9.17) is 27.6 Å². The van der Waals surface area contributed by atoms with Gasteiger partial charge in [0.2, 0.25) is 11.8 Å². The van der Waals surface area contributed by atoms with Crippen LogP contribution >= 0.6 is 23.2 Å². The van der Waals surface area contributed by atoms with Gasteiger partial charge >= 0.3 is 0 Å². The van der Waals surface area contributed by atoms with Gasteiger partial charge in [-0.15, -0.1) is 23.2 Å². The van der Waals surface area contributed by atoms with Crippen LogP contribution in [0.3, 0.4) is 0 Å². The van der Waals surface area contributed by atoms with Gasteiger partial charge in [-0.1, -0.05) is 42.0 Å². The quantitative estimate of drug-likeness (QED) is 0.308. The number of amides is 4. The molecule has 4 amide bonds. The number of allylic oxidation sites excluding steroid dienone is 2. The molecule has 5 aliphatic rings. The molecular weight excluding hydrogens is 593 g/mol. The number of benzene rings is 1. The molecule has 9 nitrogen and oxygen atoms in total. The summed E-state index contributed by atoms with van der Waals surface area (Å²) in [5.41, 5.74) is 1.91. The number of aliphatic hydroxyl groups excluding tert-OH is 1. The predicted molar refractivity (Wildman–Crippen MR) is 157 cm³/mol. The van der Waals surface area contributed by atoms with E-state index in [0.29, 0.717) is 24.8 Å². The molecule has 2 aromatic rings. The van der Waals surface area contributed by atoms with E-state index < -0.39 is 45.2 Å². The molecule has 1 N–H and O–H groups in total. The van der Waals surface area contributed by atoms with E-state index >= 15 is 0 Å². The normalized spacial score (nSPS) is 34.8. The number of hydrogen-bond donors (Lipinski definition) is 1. The predicted octanol–water partition coefficient (Wildman–Crippen LogP) is 3.43. The summed E-state index contributed by atoms with van der Waals surface area (Å²) in [5, 5.41) is 9.66. The lowest BCUT2D eigenvalue weighted by atomic mass is 9.57. The van der Waals surface area contributed by atoms with Crippen LogP contribution in [0.5, 0.6) is 0 Å². The molecular formula is C32H33Cl2N3O6. The van der Waals surface area contributed by atoms with Gasteiger partial charge in [-0.05, 0) is 49.3 Å². The molecule has 6 atom stereocenters. The van der Waals surface area contributed by atoms with E-state index in [9.17, 15) is 24.3 Å². The second-order valence-electron chi connectivity index (χ2n) is 12.5. The Morgan fingerprint density at radius 2 is 1.67 bits per heavy atom. The zero-order valence-corrected chi connectivity index (χ0v) is 25.3. The number of alkyl halides is 2. The fourth-order valence-electron chi connectivity index (χ4n) is 8.25. The molecule has 3 aliphatic heterocycles. The first kappa shape index (κ1) is 28.8. The SMILES string of the molecule is CN1C(=O)[C@]2(Cl)C[C@@H]3C(=CC[C@@H]4C(=O)N(C5CCN(Cc6ccccc6)CC5)C(=O)[C@@H]43)[C@H](c3ccc(CO)o3)[C@]2(Cl)C1=O. The molecule has 11 heteroatoms. The number of rotatable bonds is 5. The smallest absolute Gasteiger partial charge is 0.253 e. The molecule has 1 aromatic carbocycles. The largest absolute Gasteiger partial charge is 0.463 e. The molecule has 3 saturated heterocycles. The van der Waals surface area contributed by atoms with Crippen molar-refractivity contribution in [3.05, 3.63) is 71.2 Å². The van der Waals surface area contributed by atoms with Crippen molar-refractivity contribution in [2.75, 3.05) is 20.1 Å². The van der Waals surface area contributed by atoms with Crippen LogP contribution in [0.2, 0.25) is 0 Å². The summed E-state index contributed by atoms with van der Waals surface area (Å²) in [6.07, 6.45) is 3.54. The third kappa shape index (κ3) is 4.04. The van der Waals surface area contributed by atoms with Crippen LogP contribution in [0, 0.1) is 17.8 Å². The van der Waals surface area contributed by atoms with Gasteiger partial charge in [-0.3, -0.25) is 33.9 Å². The van der Waals surface area contributed by atoms with Crippen LogP contribution in [0.15, 0.2) is 58.5 Å². The lowest BCUT2D eigenvalue weighted by Gasteiger charge is -2.49. The minimum atomic E-state index is -1.89. The molecule has 4 heterocycles. The maximum atomic E-state index is 14.2. The number of hydrogen-bond acceptors (Lipinski definition) is 7. The molecule has 0 bridgehead atoms. The summed E-state index contributed by atoms with van der Waals surface area (Å²) in [6.45, 7) is 2.01. The summed E-state index contributed by atoms with van der Waals surface area (Å²) in [4.78, 5) is 56.2. The molecule has 7 rings (SSSR count). The second kappa shape index (κ2) is 10.3. The molecule has 1 aromatic heterocycles. The van der Waals surface area contributed by atoms with E-state index in [0.717, 1.165) is 24.5 Å². The third-order valence-electron chi connectivity index (χ3n) is 10.3. The molecule has 0 spiro atoms. The van der Waals surface area contributed by atoms with Crippen LogP contribution in [0.1, 0.15) is 48.7 Å². The Bertz CT molecular complexity index is 1530. The summed E-state index contributed by atoms with van der Waals surface area (Å²) in [5.74, 6) is -3.95. The Labute approximate surface area is 259 Å². The Kier molecular flexibility index (Phi) is 6.89. The lowest BCUT2D eigenvalue weighted by Crippen LogP contribution is -2.60. The number of imide groups is 2. The Hall–Kier alpha value is -2.98. The van der Waals surface area contributed by atoms with E-state index in [2.05, 4.69) is 17.0 Å². The summed E-state index contributed by atoms with van der Waals surface area (Å²) in [6, 6.07) is 13.2. The Balaban J connectivity index is 1.19. The zero-order valence-electron chi connectivity index (χ0n) is 23.7. The highest BCUT2D eigenvalue weighted by Crippen LogP contribution is 2.65. The van der Waals surface area contributed by atoms with Crippen LogP contribution in [0.25, 0.3) is 0 Å². The van der Waals surface area contributed by atoms with Crippen molar-refractivity contribution in [2.45, 2.75) is 60.5 Å². The van der Waals surface area contributed by atoms with Gasteiger partial charge in [0.05, 0.1) is 17.8 Å². The molecule has 43 heavy (non-hydrogen) atoms. The molecule has 2 aliphatic carbocycles. The van der Waals surface area contributed by atoms with E-state index in [-0.39, 0.29) is 42.4 Å². The number of furan rings is 1. The van der Waals surface area contributed by atoms with Gasteiger partial charge in [0, 0.05) is 32.7 Å². The van der Waals surface area contributed by atoms with Crippen molar-refractivity contribution < 1.29 is 28.7 Å². The van der Waals surface area contributed by atoms with Crippen LogP contribution in [0.4, 0.5) is 0 Å². The average Bonchev–Trinajstić information content (AvgIpc) is 3.62. The Morgan fingerprint density at radius 3 is 2.35 bits per heavy atom. The number of carbonyl (C=O) groups is 4. The minimum Gasteiger partial charge on any atom is -0.463 e. The second-order valence-corrected chi connectivity index (χ2v) is 13.7. The summed E-state index contributed by atoms with van der Waals surface area (Å²) < 4.78 is 5.90. The number of carbonyl (C=O) groups excluding carboxylic acids is 4. The van der Waals surface area contributed by atoms with Crippen LogP contribution in [-0.2, 0) is 32.3 Å². The standard InChI is InChI=1S/C32H33Cl2N3O6/c1-35-29(41)31(33)15-23-21(26(32(31,34)30(35)42)24-10-7-20(17-38)43-24)8-9-22-25(23)28(40)37(27(22)39)19-11-13-36(14-12-19)16-18-5-3-2-4-6-18/h2-8,10,19,22-23,25-26,38H,9,11-17H2,1H3/t22-,23+,25-,26+,31+,32-/m0/s1. The Morgan fingerprint density at radius 1 is 0.953 bits per heavy atom. The number of halogens is 2. The number of nitrogens with zero attached hydrogens (tertiary/aromatic N) is 3. The van der Waals surface area contributed by atoms with Crippen molar-refractivity contribution in [1.29, 1.82) is 0 Å². The van der Waals surface area contributed by atoms with Crippen molar-refractivity contribution in [3.63, 3.8) is 0 Å². The number of aliphatic hydroxyl groups is 1. The van der Waals surface area contributed by atoms with Crippen molar-refractivity contribution in [1.82, 2.24) is 14.7 Å². The van der Waals surface area contributed by atoms with E-state index in [1.165, 1.54) is 17.5 Å². The summed E-state index contributed by atoms with van der Waals surface area (Å²) in [7, 11) is 1.35. The fraction of sp³-hybridized carbons (Fsp3) is 0.500. The van der Waals surface area contributed by atoms with Crippen molar-refractivity contribution in [3.8, 4) is 0 Å². The molecule has 226 valence electrons. The fourth-order valence-corrected chi connectivity index (χ4v) is 9.25. The lowest BCUT2D eigenvalue weighted by molar-refractivity contribution is -0.144. The first-order valence-corrected chi connectivity index (χ1v) is 15.6. The van der Waals surface area contributed by atoms with Gasteiger partial charge in [-0.2, -0.15) is 0 Å². The highest BCUT2D eigenvalue weighted by molar-refractivity contribution is 6.53. The van der Waals surface area contributed by atoms with Gasteiger partial charge in [0.25, 0.3) is 11.8 Å². The maximum Gasteiger partial charge on any atom is 0.253 e. The highest BCUT2D eigenvalue weighted by atomic mass is 35.5. The molecule has 0 radical (unpaired) electrons. The van der Waals surface area contributed by atoms with Crippen molar-refractivity contribution in [2.24, 2.45) is 17.8 Å². The van der Waals surface area contributed by atoms with Gasteiger partial charge in [0.1, 0.15) is 18.1 Å². The van der Waals surface area contributed by atoms with Gasteiger partial charge < -0.3 is 9.52 Å². The zero-order chi connectivity index (χ0) is 30.3. The van der Waals surface area contributed by atoms with Gasteiger partial charge in [0.15, 0.2) is 9.75 Å². The third-order valence-corrected chi connectivity index (χ3v) is 11.8. The minimum absolute atomic E-state index is 0.0492. The monoisotopic (exact) mass is 625 g/mol. The molecule has 0 unspecified atom stereocenters. The summed E-state index contributed by atoms with van der Waals surface area (Å²) >= 11 is 14.3. The average molecular weight is 627 g/mol. The first-order valence-electron chi connectivity index (χ1n) is 14.8. The van der Waals surface area contributed by atoms with Crippen LogP contribution in [-0.4, -0.2) is 79.4 Å². The van der Waals surface area contributed by atoms with Gasteiger partial charge in [-0.25, -0.2) is 0 Å². The molecule has 4 fully saturated rings. The number of likely N-dealkylation sites (tertiary alicyclic amines) is 3. The maximum absolute atomic E-state index is 14.2. The molecule has 1 saturated carbocycles. The highest BCUT2D eigenvalue weighted by Gasteiger charge is 2.76. The van der Waals surface area contributed by atoms with Crippen molar-refractivity contribution >= 4 is 46.8 Å². The van der Waals surface area contributed by atoms with E-state index in [1.807, 2.05) is 24.3 Å². The first-order chi connectivity index (χ1) is 20.6. The topological polar surface area (TPSA) is 111 Å². The van der Waals surface area contributed by atoms with Crippen LogP contribution < -0.4 is 0 Å². The number of piperidine rings is 1. The number of fused-ring (bicyclic) bond motifs is 4. The van der Waals surface area contributed by atoms with E-state index in [1.54, 1.807) is 12.1 Å².